The number of para-hydroxylation sites is 2. The van der Waals surface area contributed by atoms with E-state index in [-0.39, 0.29) is 12.1 Å². The SMILES string of the molecule is COc1ccccc1NC(=O)N[C@H](C)c1ccc(N2CCC[C@@H](C)C2)cc1. The number of anilines is 2. The minimum Gasteiger partial charge on any atom is -0.495 e. The van der Waals surface area contributed by atoms with E-state index < -0.39 is 0 Å². The van der Waals surface area contributed by atoms with E-state index in [0.29, 0.717) is 11.4 Å². The fourth-order valence-corrected chi connectivity index (χ4v) is 3.58. The van der Waals surface area contributed by atoms with E-state index in [0.717, 1.165) is 24.6 Å². The van der Waals surface area contributed by atoms with Crippen LogP contribution >= 0.6 is 0 Å². The Bertz CT molecular complexity index is 760. The average Bonchev–Trinajstić information content (AvgIpc) is 2.68. The molecule has 2 aromatic carbocycles. The fourth-order valence-electron chi connectivity index (χ4n) is 3.58. The maximum atomic E-state index is 12.3. The summed E-state index contributed by atoms with van der Waals surface area (Å²) < 4.78 is 5.27. The van der Waals surface area contributed by atoms with Gasteiger partial charge in [-0.05, 0) is 55.5 Å². The highest BCUT2D eigenvalue weighted by Crippen LogP contribution is 2.25. The van der Waals surface area contributed by atoms with E-state index >= 15 is 0 Å². The van der Waals surface area contributed by atoms with Crippen molar-refractivity contribution >= 4 is 17.4 Å². The normalized spacial score (nSPS) is 17.9. The lowest BCUT2D eigenvalue weighted by atomic mass is 9.99. The second-order valence-corrected chi connectivity index (χ2v) is 7.31. The van der Waals surface area contributed by atoms with Crippen molar-refractivity contribution in [1.29, 1.82) is 0 Å². The van der Waals surface area contributed by atoms with Gasteiger partial charge in [0, 0.05) is 18.8 Å². The van der Waals surface area contributed by atoms with Gasteiger partial charge in [0.05, 0.1) is 18.8 Å². The molecule has 0 spiro atoms. The molecule has 27 heavy (non-hydrogen) atoms. The number of urea groups is 1. The van der Waals surface area contributed by atoms with Gasteiger partial charge in [-0.2, -0.15) is 0 Å². The Hall–Kier alpha value is -2.69. The third-order valence-electron chi connectivity index (χ3n) is 5.12. The van der Waals surface area contributed by atoms with Gasteiger partial charge in [-0.25, -0.2) is 4.79 Å². The molecule has 5 nitrogen and oxygen atoms in total. The second kappa shape index (κ2) is 8.80. The van der Waals surface area contributed by atoms with Gasteiger partial charge < -0.3 is 20.3 Å². The zero-order valence-corrected chi connectivity index (χ0v) is 16.4. The molecule has 2 amide bonds. The number of hydrogen-bond acceptors (Lipinski definition) is 3. The van der Waals surface area contributed by atoms with Crippen molar-refractivity contribution in [2.24, 2.45) is 5.92 Å². The molecule has 0 bridgehead atoms. The number of amides is 2. The Morgan fingerprint density at radius 1 is 1.19 bits per heavy atom. The Morgan fingerprint density at radius 3 is 2.63 bits per heavy atom. The molecule has 0 saturated carbocycles. The van der Waals surface area contributed by atoms with Crippen LogP contribution in [-0.2, 0) is 0 Å². The molecule has 0 aromatic heterocycles. The number of benzene rings is 2. The van der Waals surface area contributed by atoms with Gasteiger partial charge in [-0.3, -0.25) is 0 Å². The Balaban J connectivity index is 1.59. The summed E-state index contributed by atoms with van der Waals surface area (Å²) in [6, 6.07) is 15.5. The highest BCUT2D eigenvalue weighted by Gasteiger charge is 2.17. The molecule has 1 heterocycles. The summed E-state index contributed by atoms with van der Waals surface area (Å²) in [5.41, 5.74) is 2.99. The number of nitrogens with one attached hydrogen (secondary N) is 2. The highest BCUT2D eigenvalue weighted by atomic mass is 16.5. The predicted molar refractivity (Wildman–Crippen MR) is 111 cm³/mol. The molecule has 2 aromatic rings. The molecule has 0 radical (unpaired) electrons. The molecule has 1 fully saturated rings. The van der Waals surface area contributed by atoms with Crippen LogP contribution in [0.5, 0.6) is 5.75 Å². The molecule has 1 aliphatic heterocycles. The van der Waals surface area contributed by atoms with E-state index in [9.17, 15) is 4.79 Å². The van der Waals surface area contributed by atoms with Crippen LogP contribution in [0.25, 0.3) is 0 Å². The molecule has 5 heteroatoms. The molecule has 2 N–H and O–H groups in total. The molecular formula is C22H29N3O2. The fraction of sp³-hybridized carbons (Fsp3) is 0.409. The van der Waals surface area contributed by atoms with E-state index in [4.69, 9.17) is 4.74 Å². The van der Waals surface area contributed by atoms with Gasteiger partial charge in [0.1, 0.15) is 5.75 Å². The van der Waals surface area contributed by atoms with Crippen LogP contribution in [0.4, 0.5) is 16.2 Å². The van der Waals surface area contributed by atoms with Gasteiger partial charge in [-0.15, -0.1) is 0 Å². The first-order chi connectivity index (χ1) is 13.1. The summed E-state index contributed by atoms with van der Waals surface area (Å²) in [6.07, 6.45) is 2.57. The number of methoxy groups -OCH3 is 1. The van der Waals surface area contributed by atoms with Crippen molar-refractivity contribution in [3.8, 4) is 5.75 Å². The van der Waals surface area contributed by atoms with Crippen LogP contribution in [-0.4, -0.2) is 26.2 Å². The first-order valence-corrected chi connectivity index (χ1v) is 9.62. The lowest BCUT2D eigenvalue weighted by molar-refractivity contribution is 0.249. The van der Waals surface area contributed by atoms with Crippen LogP contribution in [0.2, 0.25) is 0 Å². The molecule has 1 saturated heterocycles. The van der Waals surface area contributed by atoms with Gasteiger partial charge >= 0.3 is 6.03 Å². The zero-order chi connectivity index (χ0) is 19.2. The van der Waals surface area contributed by atoms with Crippen molar-refractivity contribution in [2.75, 3.05) is 30.4 Å². The average molecular weight is 367 g/mol. The smallest absolute Gasteiger partial charge is 0.319 e. The van der Waals surface area contributed by atoms with Crippen molar-refractivity contribution < 1.29 is 9.53 Å². The van der Waals surface area contributed by atoms with E-state index in [1.807, 2.05) is 31.2 Å². The molecule has 0 unspecified atom stereocenters. The Morgan fingerprint density at radius 2 is 1.93 bits per heavy atom. The van der Waals surface area contributed by atoms with Crippen molar-refractivity contribution in [3.63, 3.8) is 0 Å². The van der Waals surface area contributed by atoms with E-state index in [1.165, 1.54) is 18.5 Å². The molecule has 1 aliphatic rings. The van der Waals surface area contributed by atoms with E-state index in [2.05, 4.69) is 46.7 Å². The predicted octanol–water partition coefficient (Wildman–Crippen LogP) is 4.81. The number of nitrogens with zero attached hydrogens (tertiary/aromatic N) is 1. The number of piperidine rings is 1. The summed E-state index contributed by atoms with van der Waals surface area (Å²) in [6.45, 7) is 6.54. The maximum Gasteiger partial charge on any atom is 0.319 e. The van der Waals surface area contributed by atoms with Crippen LogP contribution in [0.3, 0.4) is 0 Å². The number of carbonyl (C=O) groups excluding carboxylic acids is 1. The van der Waals surface area contributed by atoms with Crippen LogP contribution < -0.4 is 20.3 Å². The first kappa shape index (κ1) is 19.1. The number of hydrogen-bond donors (Lipinski definition) is 2. The Kier molecular flexibility index (Phi) is 6.22. The number of ether oxygens (including phenoxy) is 1. The van der Waals surface area contributed by atoms with Crippen LogP contribution in [0.1, 0.15) is 38.3 Å². The summed E-state index contributed by atoms with van der Waals surface area (Å²) in [5.74, 6) is 1.39. The zero-order valence-electron chi connectivity index (χ0n) is 16.4. The standard InChI is InChI=1S/C22H29N3O2/c1-16-7-6-14-25(15-16)19-12-10-18(11-13-19)17(2)23-22(26)24-20-8-4-5-9-21(20)27-3/h4-5,8-13,16-17H,6-7,14-15H2,1-3H3,(H2,23,24,26)/t16-,17-/m1/s1. The number of rotatable bonds is 5. The quantitative estimate of drug-likeness (QED) is 0.797. The monoisotopic (exact) mass is 367 g/mol. The van der Waals surface area contributed by atoms with Crippen molar-refractivity contribution in [1.82, 2.24) is 5.32 Å². The van der Waals surface area contributed by atoms with Gasteiger partial charge in [0.15, 0.2) is 0 Å². The molecular weight excluding hydrogens is 338 g/mol. The van der Waals surface area contributed by atoms with Gasteiger partial charge in [0.25, 0.3) is 0 Å². The summed E-state index contributed by atoms with van der Waals surface area (Å²) >= 11 is 0. The summed E-state index contributed by atoms with van der Waals surface area (Å²) in [4.78, 5) is 14.8. The minimum absolute atomic E-state index is 0.0889. The minimum atomic E-state index is -0.249. The summed E-state index contributed by atoms with van der Waals surface area (Å²) in [7, 11) is 1.59. The molecule has 2 atom stereocenters. The van der Waals surface area contributed by atoms with Crippen LogP contribution in [0, 0.1) is 5.92 Å². The lowest BCUT2D eigenvalue weighted by Gasteiger charge is -2.33. The van der Waals surface area contributed by atoms with Gasteiger partial charge in [-0.1, -0.05) is 31.2 Å². The molecule has 3 rings (SSSR count). The Labute approximate surface area is 161 Å². The van der Waals surface area contributed by atoms with Gasteiger partial charge in [0.2, 0.25) is 0 Å². The summed E-state index contributed by atoms with van der Waals surface area (Å²) in [5, 5.41) is 5.83. The van der Waals surface area contributed by atoms with Crippen LogP contribution in [0.15, 0.2) is 48.5 Å². The maximum absolute atomic E-state index is 12.3. The highest BCUT2D eigenvalue weighted by molar-refractivity contribution is 5.91. The topological polar surface area (TPSA) is 53.6 Å². The lowest BCUT2D eigenvalue weighted by Crippen LogP contribution is -2.34. The third kappa shape index (κ3) is 4.94. The third-order valence-corrected chi connectivity index (χ3v) is 5.12. The number of carbonyl (C=O) groups is 1. The largest absolute Gasteiger partial charge is 0.495 e. The van der Waals surface area contributed by atoms with Crippen molar-refractivity contribution in [3.05, 3.63) is 54.1 Å². The molecule has 144 valence electrons. The van der Waals surface area contributed by atoms with E-state index in [1.54, 1.807) is 7.11 Å². The first-order valence-electron chi connectivity index (χ1n) is 9.62. The second-order valence-electron chi connectivity index (χ2n) is 7.31. The van der Waals surface area contributed by atoms with Crippen molar-refractivity contribution in [2.45, 2.75) is 32.7 Å². The molecule has 0 aliphatic carbocycles.